The summed E-state index contributed by atoms with van der Waals surface area (Å²) in [5.74, 6) is -4.29. The molecule has 0 radical (unpaired) electrons. The molecule has 0 bridgehead atoms. The third kappa shape index (κ3) is 12.7. The summed E-state index contributed by atoms with van der Waals surface area (Å²) in [6.45, 7) is 5.91. The maximum atomic E-state index is 13.4. The molecule has 0 aromatic heterocycles. The van der Waals surface area contributed by atoms with Crippen molar-refractivity contribution in [2.45, 2.75) is 102 Å². The number of benzene rings is 1. The fourth-order valence-electron chi connectivity index (χ4n) is 5.17. The van der Waals surface area contributed by atoms with E-state index in [1.807, 2.05) is 51.1 Å². The predicted octanol–water partition coefficient (Wildman–Crippen LogP) is 0.317. The first-order valence-electron chi connectivity index (χ1n) is 15.5. The van der Waals surface area contributed by atoms with E-state index >= 15 is 0 Å². The Hall–Kier alpha value is -4.20. The number of ether oxygens (including phenoxy) is 1. The van der Waals surface area contributed by atoms with E-state index in [1.54, 1.807) is 0 Å². The summed E-state index contributed by atoms with van der Waals surface area (Å²) in [7, 11) is 0. The van der Waals surface area contributed by atoms with Gasteiger partial charge >= 0.3 is 11.9 Å². The van der Waals surface area contributed by atoms with E-state index in [0.29, 0.717) is 32.2 Å². The normalized spacial score (nSPS) is 18.6. The zero-order valence-electron chi connectivity index (χ0n) is 26.4. The number of cyclic esters (lactones) is 1. The zero-order valence-corrected chi connectivity index (χ0v) is 26.4. The number of carboxylic acid groups (broad SMARTS) is 1. The number of carbonyl (C=O) groups is 5. The number of nitrogens with zero attached hydrogens (tertiary/aromatic N) is 1. The van der Waals surface area contributed by atoms with Gasteiger partial charge in [0.25, 0.3) is 0 Å². The van der Waals surface area contributed by atoms with E-state index in [-0.39, 0.29) is 36.6 Å². The summed E-state index contributed by atoms with van der Waals surface area (Å²) in [5, 5.41) is 17.5. The molecule has 0 spiro atoms. The fourth-order valence-corrected chi connectivity index (χ4v) is 5.17. The van der Waals surface area contributed by atoms with Crippen molar-refractivity contribution in [1.82, 2.24) is 16.0 Å². The van der Waals surface area contributed by atoms with Crippen LogP contribution < -0.4 is 33.2 Å². The molecule has 14 heteroatoms. The van der Waals surface area contributed by atoms with Crippen molar-refractivity contribution in [2.75, 3.05) is 6.54 Å². The van der Waals surface area contributed by atoms with E-state index in [1.165, 1.54) is 0 Å². The number of carboxylic acids is 1. The SMILES string of the molecule is CCCC[C@H](NC(=O)[C@@H](N)CCCN=C(N)N)C(=O)N[C@@H](CC(=O)O)C(=O)N[C@@H](C(C)C)C1CC(Cc2ccccc2)C(=O)O1. The minimum Gasteiger partial charge on any atom is -0.481 e. The van der Waals surface area contributed by atoms with E-state index < -0.39 is 60.4 Å². The van der Waals surface area contributed by atoms with Crippen LogP contribution in [0.5, 0.6) is 0 Å². The van der Waals surface area contributed by atoms with Gasteiger partial charge in [-0.25, -0.2) is 0 Å². The van der Waals surface area contributed by atoms with Crippen LogP contribution in [0.15, 0.2) is 35.3 Å². The number of unbranched alkanes of at least 4 members (excludes halogenated alkanes) is 1. The standard InChI is InChI=1S/C31H49N7O7/c1-4-5-13-22(36-27(41)21(32)12-9-14-35-31(33)34)28(42)37-23(17-25(39)40)29(43)38-26(18(2)3)24-16-20(30(44)45-24)15-19-10-7-6-8-11-19/h6-8,10-11,18,20-24,26H,4-5,9,12-17,32H2,1-3H3,(H,36,41)(H,37,42)(H,38,43)(H,39,40)(H4,33,34,35)/t20?,21-,22-,23-,24?,26-/m0/s1. The van der Waals surface area contributed by atoms with Crippen molar-refractivity contribution in [1.29, 1.82) is 0 Å². The summed E-state index contributed by atoms with van der Waals surface area (Å²) in [4.78, 5) is 67.8. The summed E-state index contributed by atoms with van der Waals surface area (Å²) in [5.41, 5.74) is 17.6. The summed E-state index contributed by atoms with van der Waals surface area (Å²) in [6.07, 6.45) is 1.84. The summed E-state index contributed by atoms with van der Waals surface area (Å²) in [6, 6.07) is 5.51. The molecule has 1 aliphatic heterocycles. The molecule has 0 aliphatic carbocycles. The number of nitrogens with one attached hydrogen (secondary N) is 3. The summed E-state index contributed by atoms with van der Waals surface area (Å²) < 4.78 is 5.67. The molecule has 45 heavy (non-hydrogen) atoms. The highest BCUT2D eigenvalue weighted by atomic mass is 16.6. The number of carbonyl (C=O) groups excluding carboxylic acids is 4. The molecule has 14 nitrogen and oxygen atoms in total. The molecule has 1 heterocycles. The van der Waals surface area contributed by atoms with Crippen molar-refractivity contribution >= 4 is 35.6 Å². The highest BCUT2D eigenvalue weighted by Crippen LogP contribution is 2.29. The second-order valence-corrected chi connectivity index (χ2v) is 11.8. The van der Waals surface area contributed by atoms with Gasteiger partial charge < -0.3 is 43.0 Å². The fraction of sp³-hybridized carbons (Fsp3) is 0.613. The van der Waals surface area contributed by atoms with Gasteiger partial charge in [0.2, 0.25) is 17.7 Å². The number of amides is 3. The molecule has 1 aliphatic rings. The van der Waals surface area contributed by atoms with Crippen molar-refractivity contribution in [3.63, 3.8) is 0 Å². The number of hydrogen-bond donors (Lipinski definition) is 7. The Morgan fingerprint density at radius 1 is 0.978 bits per heavy atom. The Morgan fingerprint density at radius 2 is 1.62 bits per heavy atom. The Kier molecular flexibility index (Phi) is 15.3. The van der Waals surface area contributed by atoms with E-state index in [4.69, 9.17) is 21.9 Å². The minimum atomic E-state index is -1.44. The zero-order chi connectivity index (χ0) is 33.5. The van der Waals surface area contributed by atoms with Gasteiger partial charge in [0.05, 0.1) is 24.4 Å². The first-order chi connectivity index (χ1) is 21.3. The first-order valence-corrected chi connectivity index (χ1v) is 15.5. The van der Waals surface area contributed by atoms with Gasteiger partial charge in [-0.1, -0.05) is 63.9 Å². The lowest BCUT2D eigenvalue weighted by molar-refractivity contribution is -0.146. The number of rotatable bonds is 19. The van der Waals surface area contributed by atoms with Gasteiger partial charge in [-0.3, -0.25) is 29.0 Å². The number of nitrogens with two attached hydrogens (primary N) is 3. The molecule has 3 amide bonds. The van der Waals surface area contributed by atoms with Crippen LogP contribution in [0.1, 0.15) is 71.3 Å². The molecule has 2 unspecified atom stereocenters. The number of aliphatic imine (C=N–C) groups is 1. The third-order valence-corrected chi connectivity index (χ3v) is 7.67. The van der Waals surface area contributed by atoms with Gasteiger partial charge in [-0.15, -0.1) is 0 Å². The van der Waals surface area contributed by atoms with Crippen molar-refractivity contribution in [3.05, 3.63) is 35.9 Å². The minimum absolute atomic E-state index is 0.0690. The average molecular weight is 632 g/mol. The summed E-state index contributed by atoms with van der Waals surface area (Å²) >= 11 is 0. The Labute approximate surface area is 264 Å². The highest BCUT2D eigenvalue weighted by Gasteiger charge is 2.41. The van der Waals surface area contributed by atoms with Gasteiger partial charge in [-0.05, 0) is 37.2 Å². The lowest BCUT2D eigenvalue weighted by Gasteiger charge is -2.29. The Morgan fingerprint density at radius 3 is 2.22 bits per heavy atom. The maximum absolute atomic E-state index is 13.4. The van der Waals surface area contributed by atoms with E-state index in [2.05, 4.69) is 20.9 Å². The molecule has 1 aromatic rings. The topological polar surface area (TPSA) is 241 Å². The van der Waals surface area contributed by atoms with Crippen LogP contribution in [0, 0.1) is 11.8 Å². The number of guanidine groups is 1. The smallest absolute Gasteiger partial charge is 0.309 e. The molecule has 6 atom stereocenters. The van der Waals surface area contributed by atoms with Gasteiger partial charge in [0.15, 0.2) is 5.96 Å². The largest absolute Gasteiger partial charge is 0.481 e. The van der Waals surface area contributed by atoms with E-state index in [0.717, 1.165) is 12.0 Å². The Balaban J connectivity index is 2.10. The van der Waals surface area contributed by atoms with Gasteiger partial charge in [0.1, 0.15) is 18.2 Å². The monoisotopic (exact) mass is 631 g/mol. The molecule has 250 valence electrons. The lowest BCUT2D eigenvalue weighted by Crippen LogP contribution is -2.58. The van der Waals surface area contributed by atoms with Crippen LogP contribution in [0.2, 0.25) is 0 Å². The van der Waals surface area contributed by atoms with Crippen LogP contribution >= 0.6 is 0 Å². The van der Waals surface area contributed by atoms with Crippen molar-refractivity contribution in [3.8, 4) is 0 Å². The second-order valence-electron chi connectivity index (χ2n) is 11.8. The average Bonchev–Trinajstić information content (AvgIpc) is 3.34. The Bertz CT molecular complexity index is 1170. The molecular weight excluding hydrogens is 582 g/mol. The maximum Gasteiger partial charge on any atom is 0.309 e. The van der Waals surface area contributed by atoms with Crippen LogP contribution in [0.3, 0.4) is 0 Å². The van der Waals surface area contributed by atoms with Gasteiger partial charge in [-0.2, -0.15) is 0 Å². The lowest BCUT2D eigenvalue weighted by atomic mass is 9.90. The van der Waals surface area contributed by atoms with Crippen LogP contribution in [-0.4, -0.2) is 77.5 Å². The third-order valence-electron chi connectivity index (χ3n) is 7.67. The quantitative estimate of drug-likeness (QED) is 0.0477. The van der Waals surface area contributed by atoms with Gasteiger partial charge in [0, 0.05) is 13.0 Å². The molecule has 1 saturated heterocycles. The molecule has 1 fully saturated rings. The van der Waals surface area contributed by atoms with Crippen molar-refractivity contribution in [2.24, 2.45) is 34.0 Å². The predicted molar refractivity (Wildman–Crippen MR) is 168 cm³/mol. The molecule has 10 N–H and O–H groups in total. The van der Waals surface area contributed by atoms with Crippen LogP contribution in [-0.2, 0) is 35.1 Å². The number of aliphatic carboxylic acids is 1. The molecular formula is C31H49N7O7. The van der Waals surface area contributed by atoms with E-state index in [9.17, 15) is 29.1 Å². The van der Waals surface area contributed by atoms with Crippen molar-refractivity contribution < 1.29 is 33.8 Å². The van der Waals surface area contributed by atoms with Crippen LogP contribution in [0.4, 0.5) is 0 Å². The number of esters is 1. The number of hydrogen-bond acceptors (Lipinski definition) is 8. The molecule has 1 aromatic carbocycles. The highest BCUT2D eigenvalue weighted by molar-refractivity contribution is 5.94. The molecule has 0 saturated carbocycles. The first kappa shape index (κ1) is 37.0. The second kappa shape index (κ2) is 18.6. The van der Waals surface area contributed by atoms with Crippen LogP contribution in [0.25, 0.3) is 0 Å². The molecule has 2 rings (SSSR count).